The Balaban J connectivity index is 1.37. The molecule has 2 aromatic carbocycles. The zero-order chi connectivity index (χ0) is 20.2. The first kappa shape index (κ1) is 19.2. The Morgan fingerprint density at radius 3 is 2.41 bits per heavy atom. The van der Waals surface area contributed by atoms with Crippen molar-refractivity contribution in [2.75, 3.05) is 31.5 Å². The van der Waals surface area contributed by atoms with Crippen molar-refractivity contribution in [2.24, 2.45) is 0 Å². The molecule has 0 saturated carbocycles. The molecule has 1 saturated heterocycles. The van der Waals surface area contributed by atoms with Crippen molar-refractivity contribution in [1.82, 2.24) is 14.4 Å². The molecule has 1 aliphatic rings. The minimum Gasteiger partial charge on any atom is -0.339 e. The molecule has 0 radical (unpaired) electrons. The van der Waals surface area contributed by atoms with Gasteiger partial charge in [-0.05, 0) is 23.8 Å². The van der Waals surface area contributed by atoms with E-state index in [1.165, 1.54) is 12.5 Å². The second-order valence-electron chi connectivity index (χ2n) is 7.51. The van der Waals surface area contributed by atoms with Crippen molar-refractivity contribution >= 4 is 28.4 Å². The number of fused-ring (bicyclic) bond motifs is 1. The van der Waals surface area contributed by atoms with E-state index in [1.54, 1.807) is 0 Å². The number of nitrogens with zero attached hydrogens (tertiary/aromatic N) is 3. The van der Waals surface area contributed by atoms with Crippen molar-refractivity contribution in [3.8, 4) is 0 Å². The topological polar surface area (TPSA) is 57.6 Å². The van der Waals surface area contributed by atoms with Crippen molar-refractivity contribution in [3.05, 3.63) is 66.4 Å². The molecule has 0 aliphatic carbocycles. The largest absolute Gasteiger partial charge is 0.339 e. The Labute approximate surface area is 170 Å². The summed E-state index contributed by atoms with van der Waals surface area (Å²) in [7, 11) is 0. The number of rotatable bonds is 5. The van der Waals surface area contributed by atoms with Gasteiger partial charge in [-0.15, -0.1) is 0 Å². The fourth-order valence-electron chi connectivity index (χ4n) is 3.90. The van der Waals surface area contributed by atoms with Crippen LogP contribution in [0.25, 0.3) is 10.9 Å². The van der Waals surface area contributed by atoms with E-state index >= 15 is 0 Å². The van der Waals surface area contributed by atoms with Gasteiger partial charge in [0.1, 0.15) is 6.54 Å². The maximum atomic E-state index is 12.9. The number of benzene rings is 2. The summed E-state index contributed by atoms with van der Waals surface area (Å²) in [4.78, 5) is 28.6. The highest BCUT2D eigenvalue weighted by Gasteiger charge is 2.21. The molecular weight excluding hydrogens is 364 g/mol. The minimum absolute atomic E-state index is 0.102. The lowest BCUT2D eigenvalue weighted by Gasteiger charge is -2.35. The highest BCUT2D eigenvalue weighted by molar-refractivity contribution is 6.01. The smallest absolute Gasteiger partial charge is 0.242 e. The van der Waals surface area contributed by atoms with Gasteiger partial charge in [-0.1, -0.05) is 36.4 Å². The van der Waals surface area contributed by atoms with E-state index in [0.717, 1.165) is 49.3 Å². The summed E-state index contributed by atoms with van der Waals surface area (Å²) in [6.45, 7) is 6.02. The first-order valence-corrected chi connectivity index (χ1v) is 9.99. The van der Waals surface area contributed by atoms with Crippen molar-refractivity contribution in [1.29, 1.82) is 0 Å². The van der Waals surface area contributed by atoms with Gasteiger partial charge in [0.05, 0.1) is 11.2 Å². The Hall–Kier alpha value is -3.12. The summed E-state index contributed by atoms with van der Waals surface area (Å²) in [6.07, 6.45) is 1.92. The summed E-state index contributed by atoms with van der Waals surface area (Å²) in [6, 6.07) is 18.1. The molecule has 6 nitrogen and oxygen atoms in total. The van der Waals surface area contributed by atoms with Gasteiger partial charge >= 0.3 is 0 Å². The second-order valence-corrected chi connectivity index (χ2v) is 7.51. The molecule has 0 atom stereocenters. The van der Waals surface area contributed by atoms with Crippen molar-refractivity contribution < 1.29 is 9.59 Å². The van der Waals surface area contributed by atoms with E-state index in [2.05, 4.69) is 34.5 Å². The number of piperazine rings is 1. The van der Waals surface area contributed by atoms with Crippen LogP contribution in [0.15, 0.2) is 60.8 Å². The zero-order valence-corrected chi connectivity index (χ0v) is 16.7. The van der Waals surface area contributed by atoms with E-state index in [0.29, 0.717) is 6.54 Å². The summed E-state index contributed by atoms with van der Waals surface area (Å²) < 4.78 is 1.96. The molecule has 3 aromatic rings. The van der Waals surface area contributed by atoms with Crippen LogP contribution in [0.5, 0.6) is 0 Å². The number of hydrogen-bond acceptors (Lipinski definition) is 3. The van der Waals surface area contributed by atoms with Gasteiger partial charge in [0.2, 0.25) is 11.8 Å². The molecule has 1 aromatic heterocycles. The fourth-order valence-corrected chi connectivity index (χ4v) is 3.90. The summed E-state index contributed by atoms with van der Waals surface area (Å²) in [5.74, 6) is 0.0292. The average Bonchev–Trinajstić information content (AvgIpc) is 3.13. The molecule has 2 heterocycles. The number of anilines is 1. The van der Waals surface area contributed by atoms with Crippen LogP contribution in [0.4, 0.5) is 5.69 Å². The number of hydrogen-bond donors (Lipinski definition) is 1. The molecule has 0 spiro atoms. The standard InChI is InChI=1S/C23H26N4O2/c1-18(28)24-21-8-5-9-22-20(21)10-11-27(22)17-23(29)26-14-12-25(13-15-26)16-19-6-3-2-4-7-19/h2-11H,12-17H2,1H3,(H,24,28). The van der Waals surface area contributed by atoms with Gasteiger partial charge in [0, 0.05) is 51.2 Å². The van der Waals surface area contributed by atoms with Gasteiger partial charge in [-0.2, -0.15) is 0 Å². The Kier molecular flexibility index (Phi) is 5.62. The van der Waals surface area contributed by atoms with Crippen LogP contribution in [0.2, 0.25) is 0 Å². The Morgan fingerprint density at radius 2 is 1.69 bits per heavy atom. The molecule has 6 heteroatoms. The summed E-state index contributed by atoms with van der Waals surface area (Å²) >= 11 is 0. The maximum absolute atomic E-state index is 12.9. The van der Waals surface area contributed by atoms with Gasteiger partial charge in [-0.25, -0.2) is 0 Å². The maximum Gasteiger partial charge on any atom is 0.242 e. The molecule has 29 heavy (non-hydrogen) atoms. The number of amides is 2. The third-order valence-electron chi connectivity index (χ3n) is 5.40. The van der Waals surface area contributed by atoms with Crippen molar-refractivity contribution in [2.45, 2.75) is 20.0 Å². The van der Waals surface area contributed by atoms with Crippen LogP contribution in [0, 0.1) is 0 Å². The van der Waals surface area contributed by atoms with Crippen LogP contribution in [-0.4, -0.2) is 52.4 Å². The highest BCUT2D eigenvalue weighted by Crippen LogP contribution is 2.24. The van der Waals surface area contributed by atoms with E-state index in [4.69, 9.17) is 0 Å². The number of nitrogens with one attached hydrogen (secondary N) is 1. The number of carbonyl (C=O) groups excluding carboxylic acids is 2. The predicted molar refractivity (Wildman–Crippen MR) is 115 cm³/mol. The van der Waals surface area contributed by atoms with Crippen LogP contribution >= 0.6 is 0 Å². The van der Waals surface area contributed by atoms with Gasteiger partial charge < -0.3 is 14.8 Å². The zero-order valence-electron chi connectivity index (χ0n) is 16.7. The SMILES string of the molecule is CC(=O)Nc1cccc2c1ccn2CC(=O)N1CCN(Cc2ccccc2)CC1. The highest BCUT2D eigenvalue weighted by atomic mass is 16.2. The van der Waals surface area contributed by atoms with Crippen LogP contribution in [-0.2, 0) is 22.7 Å². The lowest BCUT2D eigenvalue weighted by atomic mass is 10.2. The second kappa shape index (κ2) is 8.49. The van der Waals surface area contributed by atoms with E-state index in [9.17, 15) is 9.59 Å². The van der Waals surface area contributed by atoms with Gasteiger partial charge in [0.25, 0.3) is 0 Å². The summed E-state index contributed by atoms with van der Waals surface area (Å²) in [5, 5.41) is 3.80. The lowest BCUT2D eigenvalue weighted by Crippen LogP contribution is -2.49. The Morgan fingerprint density at radius 1 is 0.931 bits per heavy atom. The Bertz CT molecular complexity index is 1000. The van der Waals surface area contributed by atoms with Gasteiger partial charge in [-0.3, -0.25) is 14.5 Å². The molecular formula is C23H26N4O2. The molecule has 1 fully saturated rings. The van der Waals surface area contributed by atoms with E-state index in [-0.39, 0.29) is 11.8 Å². The van der Waals surface area contributed by atoms with Crippen LogP contribution in [0.1, 0.15) is 12.5 Å². The molecule has 0 unspecified atom stereocenters. The summed E-state index contributed by atoms with van der Waals surface area (Å²) in [5.41, 5.74) is 3.03. The van der Waals surface area contributed by atoms with Crippen molar-refractivity contribution in [3.63, 3.8) is 0 Å². The molecule has 4 rings (SSSR count). The first-order chi connectivity index (χ1) is 14.1. The number of aromatic nitrogens is 1. The van der Waals surface area contributed by atoms with Crippen LogP contribution in [0.3, 0.4) is 0 Å². The van der Waals surface area contributed by atoms with E-state index in [1.807, 2.05) is 46.0 Å². The molecule has 150 valence electrons. The van der Waals surface area contributed by atoms with Crippen LogP contribution < -0.4 is 5.32 Å². The van der Waals surface area contributed by atoms with Gasteiger partial charge in [0.15, 0.2) is 0 Å². The fraction of sp³-hybridized carbons (Fsp3) is 0.304. The molecule has 2 amide bonds. The first-order valence-electron chi connectivity index (χ1n) is 9.99. The predicted octanol–water partition coefficient (Wildman–Crippen LogP) is 2.94. The lowest BCUT2D eigenvalue weighted by molar-refractivity contribution is -0.133. The third kappa shape index (κ3) is 4.49. The minimum atomic E-state index is -0.102. The normalized spacial score (nSPS) is 14.9. The van der Waals surface area contributed by atoms with E-state index < -0.39 is 0 Å². The molecule has 1 aliphatic heterocycles. The monoisotopic (exact) mass is 390 g/mol. The molecule has 0 bridgehead atoms. The molecule has 1 N–H and O–H groups in total. The third-order valence-corrected chi connectivity index (χ3v) is 5.40. The average molecular weight is 390 g/mol. The number of carbonyl (C=O) groups is 2. The quantitative estimate of drug-likeness (QED) is 0.729.